The van der Waals surface area contributed by atoms with Crippen LogP contribution in [0.4, 0.5) is 0 Å². The van der Waals surface area contributed by atoms with Crippen LogP contribution in [0.15, 0.2) is 12.3 Å². The number of amides is 1. The first kappa shape index (κ1) is 11.4. The maximum atomic E-state index is 11.4. The van der Waals surface area contributed by atoms with E-state index in [0.29, 0.717) is 13.0 Å². The summed E-state index contributed by atoms with van der Waals surface area (Å²) >= 11 is 0. The zero-order valence-electron chi connectivity index (χ0n) is 8.99. The standard InChI is InChI=1S/C10H15N3O2/c1-3-6-11-10(15)8-5-7-13(12-8)9(14)4-2/h5,7H,3-4,6H2,1-2H3,(H,11,15). The Kier molecular flexibility index (Phi) is 4.03. The lowest BCUT2D eigenvalue weighted by Gasteiger charge is -1.99. The number of aromatic nitrogens is 2. The average molecular weight is 209 g/mol. The molecule has 0 radical (unpaired) electrons. The SMILES string of the molecule is CCCNC(=O)c1ccn(C(=O)CC)n1. The summed E-state index contributed by atoms with van der Waals surface area (Å²) in [5.74, 6) is -0.357. The molecule has 0 atom stereocenters. The van der Waals surface area contributed by atoms with E-state index in [0.717, 1.165) is 6.42 Å². The zero-order valence-corrected chi connectivity index (χ0v) is 8.99. The van der Waals surface area contributed by atoms with Crippen LogP contribution in [0.25, 0.3) is 0 Å². The van der Waals surface area contributed by atoms with E-state index in [-0.39, 0.29) is 17.5 Å². The number of nitrogens with one attached hydrogen (secondary N) is 1. The Labute approximate surface area is 88.5 Å². The second-order valence-electron chi connectivity index (χ2n) is 3.15. The molecule has 0 saturated heterocycles. The molecule has 0 fully saturated rings. The van der Waals surface area contributed by atoms with Crippen molar-refractivity contribution in [3.8, 4) is 0 Å². The summed E-state index contributed by atoms with van der Waals surface area (Å²) in [5.41, 5.74) is 0.283. The molecular formula is C10H15N3O2. The van der Waals surface area contributed by atoms with Crippen LogP contribution in [0.1, 0.15) is 42.0 Å². The predicted octanol–water partition coefficient (Wildman–Crippen LogP) is 1.07. The van der Waals surface area contributed by atoms with Gasteiger partial charge in [0, 0.05) is 19.2 Å². The Morgan fingerprint density at radius 2 is 2.20 bits per heavy atom. The van der Waals surface area contributed by atoms with E-state index in [1.165, 1.54) is 10.9 Å². The molecule has 0 unspecified atom stereocenters. The molecular weight excluding hydrogens is 194 g/mol. The predicted molar refractivity (Wildman–Crippen MR) is 55.8 cm³/mol. The van der Waals surface area contributed by atoms with Gasteiger partial charge in [0.25, 0.3) is 5.91 Å². The van der Waals surface area contributed by atoms with Crippen LogP contribution in [-0.2, 0) is 0 Å². The van der Waals surface area contributed by atoms with Gasteiger partial charge in [0.15, 0.2) is 5.69 Å². The number of hydrogen-bond donors (Lipinski definition) is 1. The first-order valence-electron chi connectivity index (χ1n) is 5.06. The van der Waals surface area contributed by atoms with Gasteiger partial charge in [-0.2, -0.15) is 5.10 Å². The van der Waals surface area contributed by atoms with Gasteiger partial charge in [-0.25, -0.2) is 4.68 Å². The quantitative estimate of drug-likeness (QED) is 0.806. The molecule has 1 heterocycles. The van der Waals surface area contributed by atoms with Crippen molar-refractivity contribution < 1.29 is 9.59 Å². The summed E-state index contributed by atoms with van der Waals surface area (Å²) in [6, 6.07) is 1.54. The molecule has 0 aromatic carbocycles. The molecule has 1 amide bonds. The van der Waals surface area contributed by atoms with Crippen LogP contribution < -0.4 is 5.32 Å². The van der Waals surface area contributed by atoms with Crippen molar-refractivity contribution in [2.24, 2.45) is 0 Å². The molecule has 1 aromatic rings. The van der Waals surface area contributed by atoms with Gasteiger partial charge in [-0.15, -0.1) is 0 Å². The number of carbonyl (C=O) groups excluding carboxylic acids is 2. The highest BCUT2D eigenvalue weighted by Gasteiger charge is 2.10. The minimum Gasteiger partial charge on any atom is -0.351 e. The third-order valence-corrected chi connectivity index (χ3v) is 1.92. The summed E-state index contributed by atoms with van der Waals surface area (Å²) in [4.78, 5) is 22.7. The lowest BCUT2D eigenvalue weighted by atomic mass is 10.4. The van der Waals surface area contributed by atoms with Gasteiger partial charge in [-0.3, -0.25) is 9.59 Å². The molecule has 0 saturated carbocycles. The highest BCUT2D eigenvalue weighted by Crippen LogP contribution is 1.97. The van der Waals surface area contributed by atoms with Crippen LogP contribution in [-0.4, -0.2) is 28.1 Å². The van der Waals surface area contributed by atoms with Crippen molar-refractivity contribution in [3.05, 3.63) is 18.0 Å². The normalized spacial score (nSPS) is 10.0. The minimum absolute atomic E-state index is 0.121. The van der Waals surface area contributed by atoms with Crippen molar-refractivity contribution >= 4 is 11.8 Å². The number of rotatable bonds is 4. The lowest BCUT2D eigenvalue weighted by Crippen LogP contribution is -2.25. The summed E-state index contributed by atoms with van der Waals surface area (Å²) in [7, 11) is 0. The second kappa shape index (κ2) is 5.29. The molecule has 5 heteroatoms. The Morgan fingerprint density at radius 3 is 2.80 bits per heavy atom. The largest absolute Gasteiger partial charge is 0.351 e. The van der Waals surface area contributed by atoms with Crippen molar-refractivity contribution in [3.63, 3.8) is 0 Å². The Balaban J connectivity index is 2.67. The van der Waals surface area contributed by atoms with E-state index in [9.17, 15) is 9.59 Å². The van der Waals surface area contributed by atoms with Gasteiger partial charge in [-0.05, 0) is 12.5 Å². The van der Waals surface area contributed by atoms with Gasteiger partial charge in [0.1, 0.15) is 0 Å². The fourth-order valence-corrected chi connectivity index (χ4v) is 1.08. The van der Waals surface area contributed by atoms with E-state index in [1.807, 2.05) is 6.92 Å². The highest BCUT2D eigenvalue weighted by molar-refractivity contribution is 5.92. The monoisotopic (exact) mass is 209 g/mol. The molecule has 1 N–H and O–H groups in total. The summed E-state index contributed by atoms with van der Waals surface area (Å²) in [6.45, 7) is 4.34. The van der Waals surface area contributed by atoms with Gasteiger partial charge in [-0.1, -0.05) is 13.8 Å². The van der Waals surface area contributed by atoms with Crippen LogP contribution in [0.3, 0.4) is 0 Å². The van der Waals surface area contributed by atoms with Crippen molar-refractivity contribution in [1.29, 1.82) is 0 Å². The topological polar surface area (TPSA) is 64.0 Å². The Morgan fingerprint density at radius 1 is 1.47 bits per heavy atom. The Bertz CT molecular complexity index is 357. The first-order chi connectivity index (χ1) is 7.19. The number of hydrogen-bond acceptors (Lipinski definition) is 3. The third kappa shape index (κ3) is 2.90. The van der Waals surface area contributed by atoms with Gasteiger partial charge < -0.3 is 5.32 Å². The zero-order chi connectivity index (χ0) is 11.3. The van der Waals surface area contributed by atoms with E-state index >= 15 is 0 Å². The van der Waals surface area contributed by atoms with Crippen molar-refractivity contribution in [2.75, 3.05) is 6.54 Å². The van der Waals surface area contributed by atoms with Crippen LogP contribution in [0, 0.1) is 0 Å². The first-order valence-corrected chi connectivity index (χ1v) is 5.06. The fourth-order valence-electron chi connectivity index (χ4n) is 1.08. The van der Waals surface area contributed by atoms with Crippen LogP contribution in [0.5, 0.6) is 0 Å². The fraction of sp³-hybridized carbons (Fsp3) is 0.500. The average Bonchev–Trinajstić information content (AvgIpc) is 2.74. The molecule has 5 nitrogen and oxygen atoms in total. The summed E-state index contributed by atoms with van der Waals surface area (Å²) in [5, 5.41) is 6.58. The maximum absolute atomic E-state index is 11.4. The van der Waals surface area contributed by atoms with Crippen LogP contribution >= 0.6 is 0 Å². The third-order valence-electron chi connectivity index (χ3n) is 1.92. The summed E-state index contributed by atoms with van der Waals surface area (Å²) < 4.78 is 1.20. The van der Waals surface area contributed by atoms with Gasteiger partial charge in [0.05, 0.1) is 0 Å². The molecule has 0 aliphatic rings. The molecule has 1 aromatic heterocycles. The smallest absolute Gasteiger partial charge is 0.271 e. The number of nitrogens with zero attached hydrogens (tertiary/aromatic N) is 2. The Hall–Kier alpha value is -1.65. The highest BCUT2D eigenvalue weighted by atomic mass is 16.2. The van der Waals surface area contributed by atoms with Crippen molar-refractivity contribution in [2.45, 2.75) is 26.7 Å². The van der Waals surface area contributed by atoms with Gasteiger partial charge in [0.2, 0.25) is 5.91 Å². The molecule has 0 bridgehead atoms. The summed E-state index contributed by atoms with van der Waals surface area (Å²) in [6.07, 6.45) is 2.75. The molecule has 15 heavy (non-hydrogen) atoms. The van der Waals surface area contributed by atoms with E-state index in [4.69, 9.17) is 0 Å². The van der Waals surface area contributed by atoms with E-state index < -0.39 is 0 Å². The maximum Gasteiger partial charge on any atom is 0.271 e. The number of carbonyl (C=O) groups is 2. The minimum atomic E-state index is -0.237. The van der Waals surface area contributed by atoms with E-state index in [1.54, 1.807) is 13.0 Å². The van der Waals surface area contributed by atoms with E-state index in [2.05, 4.69) is 10.4 Å². The lowest BCUT2D eigenvalue weighted by molar-refractivity contribution is 0.0891. The molecule has 0 aliphatic heterocycles. The molecule has 1 rings (SSSR count). The molecule has 0 aliphatic carbocycles. The van der Waals surface area contributed by atoms with Crippen molar-refractivity contribution in [1.82, 2.24) is 15.1 Å². The van der Waals surface area contributed by atoms with Gasteiger partial charge >= 0.3 is 0 Å². The molecule has 82 valence electrons. The second-order valence-corrected chi connectivity index (χ2v) is 3.15. The van der Waals surface area contributed by atoms with Crippen LogP contribution in [0.2, 0.25) is 0 Å². The molecule has 0 spiro atoms.